The number of benzene rings is 1. The fourth-order valence-corrected chi connectivity index (χ4v) is 4.21. The van der Waals surface area contributed by atoms with Gasteiger partial charge in [0.15, 0.2) is 0 Å². The van der Waals surface area contributed by atoms with Gasteiger partial charge in [0.25, 0.3) is 10.0 Å². The lowest BCUT2D eigenvalue weighted by atomic mass is 10.3. The maximum Gasteiger partial charge on any atom is 0.273 e. The third-order valence-corrected chi connectivity index (χ3v) is 5.70. The normalized spacial score (nSPS) is 11.4. The molecule has 0 bridgehead atoms. The van der Waals surface area contributed by atoms with Gasteiger partial charge in [-0.1, -0.05) is 12.1 Å². The van der Waals surface area contributed by atoms with Crippen molar-refractivity contribution >= 4 is 27.0 Å². The van der Waals surface area contributed by atoms with E-state index in [2.05, 4.69) is 0 Å². The molecule has 0 spiro atoms. The molecule has 0 saturated heterocycles. The minimum absolute atomic E-state index is 0.254. The van der Waals surface area contributed by atoms with E-state index >= 15 is 0 Å². The van der Waals surface area contributed by atoms with Gasteiger partial charge >= 0.3 is 0 Å². The molecule has 0 aliphatic rings. The van der Waals surface area contributed by atoms with E-state index in [-0.39, 0.29) is 10.8 Å². The topological polar surface area (TPSA) is 37.4 Å². The molecule has 0 N–H and O–H groups in total. The maximum atomic E-state index is 13.2. The molecule has 0 atom stereocenters. The third-order valence-electron chi connectivity index (χ3n) is 2.42. The molecule has 0 aliphatic heterocycles. The minimum atomic E-state index is -3.59. The first-order valence-corrected chi connectivity index (χ1v) is 7.69. The van der Waals surface area contributed by atoms with Gasteiger partial charge in [0, 0.05) is 6.54 Å². The van der Waals surface area contributed by atoms with Crippen molar-refractivity contribution in [3.63, 3.8) is 0 Å². The standard InChI is InChI=1S/C12H12FNO2S2/c1-2-14(11-6-3-5-10(13)9-11)18(15,16)12-7-4-8-17-12/h3-9H,2H2,1H3. The predicted octanol–water partition coefficient (Wildman–Crippen LogP) is 3.10. The van der Waals surface area contributed by atoms with Gasteiger partial charge < -0.3 is 0 Å². The summed E-state index contributed by atoms with van der Waals surface area (Å²) in [6.45, 7) is 1.97. The Morgan fingerprint density at radius 2 is 2.06 bits per heavy atom. The number of hydrogen-bond acceptors (Lipinski definition) is 3. The molecule has 18 heavy (non-hydrogen) atoms. The van der Waals surface area contributed by atoms with E-state index in [0.29, 0.717) is 5.69 Å². The molecule has 2 rings (SSSR count). The van der Waals surface area contributed by atoms with Crippen LogP contribution in [0.25, 0.3) is 0 Å². The van der Waals surface area contributed by atoms with Gasteiger partial charge in [0.1, 0.15) is 10.0 Å². The zero-order valence-corrected chi connectivity index (χ0v) is 11.3. The van der Waals surface area contributed by atoms with Crippen LogP contribution in [0.4, 0.5) is 10.1 Å². The first-order chi connectivity index (χ1) is 8.55. The summed E-state index contributed by atoms with van der Waals surface area (Å²) >= 11 is 1.15. The van der Waals surface area contributed by atoms with Crippen molar-refractivity contribution in [1.29, 1.82) is 0 Å². The van der Waals surface area contributed by atoms with Crippen LogP contribution in [-0.2, 0) is 10.0 Å². The second kappa shape index (κ2) is 5.07. The zero-order valence-electron chi connectivity index (χ0n) is 9.71. The van der Waals surface area contributed by atoms with Crippen LogP contribution in [0.2, 0.25) is 0 Å². The van der Waals surface area contributed by atoms with Crippen LogP contribution >= 0.6 is 11.3 Å². The van der Waals surface area contributed by atoms with Crippen molar-refractivity contribution in [2.24, 2.45) is 0 Å². The van der Waals surface area contributed by atoms with Crippen LogP contribution in [0.15, 0.2) is 46.0 Å². The molecule has 0 aliphatic carbocycles. The Morgan fingerprint density at radius 1 is 1.28 bits per heavy atom. The summed E-state index contributed by atoms with van der Waals surface area (Å²) in [4.78, 5) is 0. The highest BCUT2D eigenvalue weighted by molar-refractivity contribution is 7.94. The molecule has 1 aromatic carbocycles. The van der Waals surface area contributed by atoms with Gasteiger partial charge in [-0.2, -0.15) is 0 Å². The average Bonchev–Trinajstić information content (AvgIpc) is 2.83. The van der Waals surface area contributed by atoms with Crippen molar-refractivity contribution in [3.8, 4) is 0 Å². The summed E-state index contributed by atoms with van der Waals surface area (Å²) in [6, 6.07) is 8.80. The second-order valence-electron chi connectivity index (χ2n) is 3.58. The Labute approximate surface area is 110 Å². The van der Waals surface area contributed by atoms with E-state index in [0.717, 1.165) is 11.3 Å². The van der Waals surface area contributed by atoms with Crippen molar-refractivity contribution in [2.45, 2.75) is 11.1 Å². The summed E-state index contributed by atoms with van der Waals surface area (Å²) in [5, 5.41) is 1.70. The lowest BCUT2D eigenvalue weighted by molar-refractivity contribution is 0.593. The monoisotopic (exact) mass is 285 g/mol. The molecule has 96 valence electrons. The van der Waals surface area contributed by atoms with Gasteiger partial charge in [0.2, 0.25) is 0 Å². The van der Waals surface area contributed by atoms with Crippen LogP contribution in [-0.4, -0.2) is 15.0 Å². The van der Waals surface area contributed by atoms with Crippen LogP contribution in [0, 0.1) is 5.82 Å². The van der Waals surface area contributed by atoms with E-state index in [1.807, 2.05) is 0 Å². The largest absolute Gasteiger partial charge is 0.273 e. The van der Waals surface area contributed by atoms with E-state index in [4.69, 9.17) is 0 Å². The van der Waals surface area contributed by atoms with Crippen LogP contribution in [0.1, 0.15) is 6.92 Å². The van der Waals surface area contributed by atoms with Crippen molar-refractivity contribution < 1.29 is 12.8 Å². The molecule has 3 nitrogen and oxygen atoms in total. The average molecular weight is 285 g/mol. The number of thiophene rings is 1. The maximum absolute atomic E-state index is 13.2. The van der Waals surface area contributed by atoms with Gasteiger partial charge in [-0.15, -0.1) is 11.3 Å². The Hall–Kier alpha value is -1.40. The Balaban J connectivity index is 2.47. The molecular weight excluding hydrogens is 273 g/mol. The van der Waals surface area contributed by atoms with E-state index in [1.165, 1.54) is 22.5 Å². The van der Waals surface area contributed by atoms with Crippen molar-refractivity contribution in [3.05, 3.63) is 47.6 Å². The molecule has 0 saturated carbocycles. The number of rotatable bonds is 4. The fourth-order valence-electron chi connectivity index (χ4n) is 1.64. The molecule has 1 heterocycles. The summed E-state index contributed by atoms with van der Waals surface area (Å²) in [6.07, 6.45) is 0. The van der Waals surface area contributed by atoms with Gasteiger partial charge in [-0.25, -0.2) is 12.8 Å². The highest BCUT2D eigenvalue weighted by Crippen LogP contribution is 2.26. The number of anilines is 1. The Morgan fingerprint density at radius 3 is 2.61 bits per heavy atom. The molecule has 6 heteroatoms. The minimum Gasteiger partial charge on any atom is -0.266 e. The first-order valence-electron chi connectivity index (χ1n) is 5.37. The smallest absolute Gasteiger partial charge is 0.266 e. The summed E-state index contributed by atoms with van der Waals surface area (Å²) < 4.78 is 39.3. The van der Waals surface area contributed by atoms with Crippen molar-refractivity contribution in [2.75, 3.05) is 10.8 Å². The molecule has 0 fully saturated rings. The van der Waals surface area contributed by atoms with Crippen LogP contribution in [0.5, 0.6) is 0 Å². The number of nitrogens with zero attached hydrogens (tertiary/aromatic N) is 1. The highest BCUT2D eigenvalue weighted by Gasteiger charge is 2.24. The van der Waals surface area contributed by atoms with E-state index in [1.54, 1.807) is 30.5 Å². The van der Waals surface area contributed by atoms with E-state index in [9.17, 15) is 12.8 Å². The number of hydrogen-bond donors (Lipinski definition) is 0. The Bertz CT molecular complexity index is 623. The summed E-state index contributed by atoms with van der Waals surface area (Å²) in [7, 11) is -3.59. The highest BCUT2D eigenvalue weighted by atomic mass is 32.2. The van der Waals surface area contributed by atoms with Gasteiger partial charge in [0.05, 0.1) is 5.69 Å². The SMILES string of the molecule is CCN(c1cccc(F)c1)S(=O)(=O)c1cccs1. The quantitative estimate of drug-likeness (QED) is 0.865. The number of sulfonamides is 1. The lowest BCUT2D eigenvalue weighted by Crippen LogP contribution is -2.30. The lowest BCUT2D eigenvalue weighted by Gasteiger charge is -2.21. The fraction of sp³-hybridized carbons (Fsp3) is 0.167. The molecular formula is C12H12FNO2S2. The molecule has 0 unspecified atom stereocenters. The van der Waals surface area contributed by atoms with Crippen molar-refractivity contribution in [1.82, 2.24) is 0 Å². The zero-order chi connectivity index (χ0) is 13.2. The molecule has 2 aromatic rings. The first kappa shape index (κ1) is 13.0. The van der Waals surface area contributed by atoms with Gasteiger partial charge in [-0.05, 0) is 36.6 Å². The molecule has 0 radical (unpaired) electrons. The Kier molecular flexibility index (Phi) is 3.68. The summed E-state index contributed by atoms with van der Waals surface area (Å²) in [5.41, 5.74) is 0.339. The van der Waals surface area contributed by atoms with Crippen LogP contribution < -0.4 is 4.31 Å². The summed E-state index contributed by atoms with van der Waals surface area (Å²) in [5.74, 6) is -0.452. The number of halogens is 1. The third kappa shape index (κ3) is 2.39. The van der Waals surface area contributed by atoms with E-state index < -0.39 is 15.8 Å². The second-order valence-corrected chi connectivity index (χ2v) is 6.62. The van der Waals surface area contributed by atoms with Crippen LogP contribution in [0.3, 0.4) is 0 Å². The molecule has 1 aromatic heterocycles. The predicted molar refractivity (Wildman–Crippen MR) is 70.9 cm³/mol. The van der Waals surface area contributed by atoms with Gasteiger partial charge in [-0.3, -0.25) is 4.31 Å². The molecule has 0 amide bonds.